The van der Waals surface area contributed by atoms with E-state index in [-0.39, 0.29) is 0 Å². The normalized spacial score (nSPS) is 13.9. The Morgan fingerprint density at radius 1 is 0.403 bits per heavy atom. The highest BCUT2D eigenvalue weighted by Gasteiger charge is 2.26. The molecule has 119 heavy (non-hydrogen) atoms. The van der Waals surface area contributed by atoms with E-state index in [0.29, 0.717) is 6.67 Å². The van der Waals surface area contributed by atoms with Crippen LogP contribution in [0.3, 0.4) is 0 Å². The molecule has 5 aliphatic rings. The molecular weight excluding hydrogens is 1780 g/mol. The molecule has 0 saturated heterocycles. The highest BCUT2D eigenvalue weighted by Crippen LogP contribution is 2.35. The molecule has 0 spiro atoms. The molecule has 5 aliphatic heterocycles. The first-order chi connectivity index (χ1) is 58.2. The largest absolute Gasteiger partial charge is 0.496 e. The average molecular weight is 1880 g/mol. The van der Waals surface area contributed by atoms with Crippen LogP contribution in [-0.2, 0) is 64.2 Å². The molecule has 22 heteroatoms. The van der Waals surface area contributed by atoms with Crippen molar-refractivity contribution in [1.29, 1.82) is 0 Å². The van der Waals surface area contributed by atoms with E-state index in [9.17, 15) is 0 Å². The lowest BCUT2D eigenvalue weighted by atomic mass is 9.95. The number of methoxy groups -OCH3 is 3. The van der Waals surface area contributed by atoms with Crippen molar-refractivity contribution in [2.75, 3.05) is 107 Å². The van der Waals surface area contributed by atoms with Gasteiger partial charge in [0.15, 0.2) is 0 Å². The van der Waals surface area contributed by atoms with Crippen molar-refractivity contribution >= 4 is 156 Å². The summed E-state index contributed by atoms with van der Waals surface area (Å²) in [5.74, 6) is 7.91. The molecule has 12 aromatic rings. The number of nitrogens with zero attached hydrogens (tertiary/aromatic N) is 9. The number of nitrogens with one attached hydrogen (secondary N) is 2. The van der Waals surface area contributed by atoms with E-state index >= 15 is 0 Å². The minimum atomic E-state index is 0.324. The van der Waals surface area contributed by atoms with Crippen LogP contribution in [0.25, 0.3) is 26.4 Å². The summed E-state index contributed by atoms with van der Waals surface area (Å²) < 4.78 is 19.6. The second-order valence-corrected chi connectivity index (χ2v) is 34.9. The number of benzene rings is 10. The van der Waals surface area contributed by atoms with Crippen LogP contribution in [-0.4, -0.2) is 151 Å². The second kappa shape index (κ2) is 43.8. The Morgan fingerprint density at radius 2 is 0.798 bits per heavy atom. The SMILES string of the molecule is CCN1CCN=C1c1cccc(Cl)c1CCc1cccc2ccccc12.COc1ccc(Br)cc1CCc1sccc1C1=NCCN1.COc1ccc(Br)cc1CCc1sccc1C1=NCCN1C.Clc1cccc(C2=NCCN2)c1CCc1cccc2ccccc12.[C-]#[N+]CN1CCN=C1c1cccc(Cl)c1CCc1cc(Br)ccc1OC. The molecule has 0 atom stereocenters. The van der Waals surface area contributed by atoms with Gasteiger partial charge in [0, 0.05) is 112 Å². The standard InChI is InChI=1S/C23H23ClN2.C21H19ClN2.C20H19BrClN3O.C17H19BrN2OS.C16H17BrN2OS/c1-2-26-16-15-25-23(26)21-11-6-12-22(24)20(21)14-13-18-9-5-8-17-7-3-4-10-19(17)18;22-20-10-4-9-19(21-23-13-14-24-21)18(20)12-11-16-7-3-6-15-5-1-2-8-17(15)16;1-23-13-25-11-10-24-20(25)17-4-3-5-18(22)16(17)8-6-14-12-15(21)7-9-19(14)26-2;1-20-9-8-19-17(20)14-7-10-22-16(14)6-3-12-11-13(18)4-5-15(12)21-2;1-20-14-4-3-12(17)10-11(14)2-5-15-13(6-9-21-15)16-18-7-8-19-16/h3-12H,2,13-16H2,1H3;1-10H,11-14H2,(H,23,24);3-5,7,9,12H,6,8,10-11,13H2,2H3;4-5,7,10-11H,3,6,8-9H2,1-2H3;3-4,6,9-10H,2,5,7-8H2,1H3,(H,18,19). The van der Waals surface area contributed by atoms with E-state index in [0.717, 1.165) is 233 Å². The molecule has 14 nitrogen and oxygen atoms in total. The minimum absolute atomic E-state index is 0.324. The van der Waals surface area contributed by atoms with E-state index in [4.69, 9.17) is 60.6 Å². The highest BCUT2D eigenvalue weighted by molar-refractivity contribution is 9.11. The zero-order valence-electron chi connectivity index (χ0n) is 67.7. The Balaban J connectivity index is 0.000000129. The van der Waals surface area contributed by atoms with Crippen molar-refractivity contribution in [1.82, 2.24) is 25.3 Å². The Hall–Kier alpha value is -9.33. The molecule has 0 radical (unpaired) electrons. The summed E-state index contributed by atoms with van der Waals surface area (Å²) in [6, 6.07) is 71.1. The number of hydrogen-bond acceptors (Lipinski definition) is 15. The van der Waals surface area contributed by atoms with E-state index < -0.39 is 0 Å². The fourth-order valence-electron chi connectivity index (χ4n) is 15.7. The lowest BCUT2D eigenvalue weighted by Gasteiger charge is -2.21. The first-order valence-corrected chi connectivity index (χ1v) is 45.6. The first-order valence-electron chi connectivity index (χ1n) is 40.3. The predicted molar refractivity (Wildman–Crippen MR) is 511 cm³/mol. The van der Waals surface area contributed by atoms with Crippen LogP contribution in [0.2, 0.25) is 15.1 Å². The fraction of sp³-hybridized carbons (Fsp3) is 0.278. The summed E-state index contributed by atoms with van der Waals surface area (Å²) in [5, 5.41) is 18.7. The third-order valence-electron chi connectivity index (χ3n) is 21.6. The van der Waals surface area contributed by atoms with Gasteiger partial charge in [-0.25, -0.2) is 6.57 Å². The third kappa shape index (κ3) is 22.6. The number of halogens is 6. The van der Waals surface area contributed by atoms with E-state index in [1.54, 1.807) is 32.7 Å². The zero-order valence-corrected chi connectivity index (χ0v) is 76.3. The van der Waals surface area contributed by atoms with Crippen LogP contribution < -0.4 is 24.8 Å². The number of fused-ring (bicyclic) bond motifs is 2. The molecule has 10 aromatic carbocycles. The minimum Gasteiger partial charge on any atom is -0.496 e. The summed E-state index contributed by atoms with van der Waals surface area (Å²) in [7, 11) is 7.25. The van der Waals surface area contributed by atoms with Gasteiger partial charge in [-0.1, -0.05) is 204 Å². The van der Waals surface area contributed by atoms with Crippen LogP contribution in [0.15, 0.2) is 255 Å². The van der Waals surface area contributed by atoms with Crippen molar-refractivity contribution in [2.24, 2.45) is 25.0 Å². The maximum atomic E-state index is 7.16. The predicted octanol–water partition coefficient (Wildman–Crippen LogP) is 22.5. The van der Waals surface area contributed by atoms with Gasteiger partial charge in [0.1, 0.15) is 46.4 Å². The number of aryl methyl sites for hydroxylation is 7. The topological polar surface area (TPSA) is 128 Å². The first kappa shape index (κ1) is 87.5. The van der Waals surface area contributed by atoms with Gasteiger partial charge >= 0.3 is 0 Å². The van der Waals surface area contributed by atoms with Crippen molar-refractivity contribution in [2.45, 2.75) is 71.1 Å². The quantitative estimate of drug-likeness (QED) is 0.0542. The summed E-state index contributed by atoms with van der Waals surface area (Å²) >= 11 is 33.9. The number of aliphatic imine (C=N–C) groups is 5. The monoisotopic (exact) mass is 1870 g/mol. The van der Waals surface area contributed by atoms with Crippen LogP contribution in [0.4, 0.5) is 0 Å². The maximum Gasteiger partial charge on any atom is 0.290 e. The molecule has 0 saturated carbocycles. The summed E-state index contributed by atoms with van der Waals surface area (Å²) in [5.41, 5.74) is 15.7. The lowest BCUT2D eigenvalue weighted by Crippen LogP contribution is -2.29. The number of hydrogen-bond donors (Lipinski definition) is 2. The molecule has 2 N–H and O–H groups in total. The van der Waals surface area contributed by atoms with Crippen LogP contribution in [0.1, 0.15) is 89.0 Å². The van der Waals surface area contributed by atoms with E-state index in [2.05, 4.69) is 245 Å². The van der Waals surface area contributed by atoms with Crippen LogP contribution in [0.5, 0.6) is 17.2 Å². The number of ether oxygens (including phenoxy) is 3. The van der Waals surface area contributed by atoms with Gasteiger partial charge in [0.25, 0.3) is 6.67 Å². The van der Waals surface area contributed by atoms with Gasteiger partial charge in [-0.15, -0.1) is 22.7 Å². The van der Waals surface area contributed by atoms with Crippen molar-refractivity contribution < 1.29 is 14.2 Å². The van der Waals surface area contributed by atoms with Gasteiger partial charge in [-0.2, -0.15) is 0 Å². The van der Waals surface area contributed by atoms with Gasteiger partial charge in [-0.05, 0) is 233 Å². The number of amidine groups is 5. The van der Waals surface area contributed by atoms with E-state index in [1.807, 2.05) is 95.1 Å². The van der Waals surface area contributed by atoms with Crippen molar-refractivity contribution in [3.05, 3.63) is 339 Å². The van der Waals surface area contributed by atoms with Gasteiger partial charge in [-0.3, -0.25) is 34.7 Å². The molecule has 0 bridgehead atoms. The van der Waals surface area contributed by atoms with Gasteiger partial charge < -0.3 is 34.6 Å². The molecule has 17 rings (SSSR count). The third-order valence-corrected chi connectivity index (χ3v) is 26.1. The lowest BCUT2D eigenvalue weighted by molar-refractivity contribution is 0.409. The Kier molecular flexibility index (Phi) is 32.2. The van der Waals surface area contributed by atoms with Gasteiger partial charge in [0.05, 0.1) is 54.1 Å². The average Bonchev–Trinajstić information content (AvgIpc) is 1.80. The Morgan fingerprint density at radius 3 is 1.25 bits per heavy atom. The summed E-state index contributed by atoms with van der Waals surface area (Å²) in [6.07, 6.45) is 9.26. The molecule has 0 amide bonds. The molecule has 7 heterocycles. The smallest absolute Gasteiger partial charge is 0.290 e. The molecule has 0 fully saturated rings. The van der Waals surface area contributed by atoms with Crippen LogP contribution >= 0.6 is 105 Å². The molecular formula is C97H97Br3Cl3N11O3S2. The summed E-state index contributed by atoms with van der Waals surface area (Å²) in [4.78, 5) is 36.0. The molecule has 0 aliphatic carbocycles. The maximum absolute atomic E-state index is 7.16. The van der Waals surface area contributed by atoms with Crippen LogP contribution in [0, 0.1) is 6.57 Å². The van der Waals surface area contributed by atoms with E-state index in [1.165, 1.54) is 81.4 Å². The zero-order chi connectivity index (χ0) is 83.0. The number of rotatable bonds is 25. The molecule has 0 unspecified atom stereocenters. The Labute approximate surface area is 748 Å². The van der Waals surface area contributed by atoms with Crippen molar-refractivity contribution in [3.63, 3.8) is 0 Å². The molecule has 2 aromatic heterocycles. The number of thiophene rings is 2. The molecule has 612 valence electrons. The van der Waals surface area contributed by atoms with Gasteiger partial charge in [0.2, 0.25) is 0 Å². The fourth-order valence-corrected chi connectivity index (χ4v) is 19.5. The van der Waals surface area contributed by atoms with Crippen molar-refractivity contribution in [3.8, 4) is 17.2 Å². The second-order valence-electron chi connectivity index (χ2n) is 29.0. The number of likely N-dealkylation sites (N-methyl/N-ethyl adjacent to an activating group) is 2. The summed E-state index contributed by atoms with van der Waals surface area (Å²) in [6.45, 7) is 19.5. The highest BCUT2D eigenvalue weighted by atomic mass is 79.9. The Bertz CT molecular complexity index is 5710.